The molecule has 7 N–H and O–H groups in total. The van der Waals surface area contributed by atoms with Crippen LogP contribution >= 0.6 is 0 Å². The van der Waals surface area contributed by atoms with Crippen LogP contribution in [0.2, 0.25) is 0 Å². The largest absolute Gasteiger partial charge is 0.396 e. The van der Waals surface area contributed by atoms with E-state index < -0.39 is 64.8 Å². The van der Waals surface area contributed by atoms with Gasteiger partial charge in [0, 0.05) is 11.3 Å². The molecule has 0 aromatic rings. The molecule has 5 aliphatic carbocycles. The number of aliphatic hydroxyl groups is 7. The summed E-state index contributed by atoms with van der Waals surface area (Å²) in [6, 6.07) is 0. The van der Waals surface area contributed by atoms with Gasteiger partial charge in [-0.1, -0.05) is 20.8 Å². The van der Waals surface area contributed by atoms with Crippen molar-refractivity contribution >= 4 is 0 Å². The quantitative estimate of drug-likeness (QED) is 0.221. The van der Waals surface area contributed by atoms with Crippen molar-refractivity contribution in [1.82, 2.24) is 0 Å². The predicted octanol–water partition coefficient (Wildman–Crippen LogP) is 1.87. The summed E-state index contributed by atoms with van der Waals surface area (Å²) in [5.74, 6) is 0.0995. The lowest BCUT2D eigenvalue weighted by Gasteiger charge is -2.65. The molecule has 2 aliphatic heterocycles. The first-order chi connectivity index (χ1) is 20.8. The van der Waals surface area contributed by atoms with Gasteiger partial charge < -0.3 is 50.0 Å². The second kappa shape index (κ2) is 10.1. The van der Waals surface area contributed by atoms with Crippen LogP contribution in [0.25, 0.3) is 0 Å². The first kappa shape index (κ1) is 33.1. The standard InChI is InChI=1S/C35H58O10/c1-29(2)20-7-8-21-31(5)13-18(37)27(32(6)11-9-24(45-32)30(3,4)42)35(31,17-36)22(39)14-34(21)16-33(20,34)12-10-23(29)44-28-26(41)25(40)19(38)15-43-28/h18-28,36-42H,7-17H2,1-6H3/t18-,19+,20-,21-,22-,23-,24-,25-,26+,27+,28-,31-,32+,33+,34-,35+/m0/s1. The minimum atomic E-state index is -1.32. The van der Waals surface area contributed by atoms with Gasteiger partial charge in [-0.2, -0.15) is 0 Å². The second-order valence-electron chi connectivity index (χ2n) is 18.1. The van der Waals surface area contributed by atoms with Gasteiger partial charge in [0.2, 0.25) is 0 Å². The van der Waals surface area contributed by atoms with Gasteiger partial charge in [-0.15, -0.1) is 0 Å². The van der Waals surface area contributed by atoms with Gasteiger partial charge in [-0.25, -0.2) is 0 Å². The maximum Gasteiger partial charge on any atom is 0.186 e. The van der Waals surface area contributed by atoms with Crippen LogP contribution in [0.4, 0.5) is 0 Å². The topological polar surface area (TPSA) is 169 Å². The molecule has 7 rings (SSSR count). The van der Waals surface area contributed by atoms with Crippen molar-refractivity contribution in [3.63, 3.8) is 0 Å². The molecule has 258 valence electrons. The number of rotatable bonds is 5. The van der Waals surface area contributed by atoms with Crippen LogP contribution in [-0.2, 0) is 14.2 Å². The van der Waals surface area contributed by atoms with Gasteiger partial charge in [-0.05, 0) is 112 Å². The van der Waals surface area contributed by atoms with E-state index in [9.17, 15) is 35.7 Å². The zero-order valence-electron chi connectivity index (χ0n) is 28.0. The minimum absolute atomic E-state index is 0.0232. The third-order valence-electron chi connectivity index (χ3n) is 15.5. The van der Waals surface area contributed by atoms with Gasteiger partial charge in [-0.3, -0.25) is 0 Å². The zero-order valence-corrected chi connectivity index (χ0v) is 28.0. The summed E-state index contributed by atoms with van der Waals surface area (Å²) in [4.78, 5) is 0. The fraction of sp³-hybridized carbons (Fsp3) is 1.00. The lowest BCUT2D eigenvalue weighted by atomic mass is 9.40. The average molecular weight is 639 g/mol. The summed E-state index contributed by atoms with van der Waals surface area (Å²) in [5, 5.41) is 77.2. The Kier molecular flexibility index (Phi) is 7.42. The third-order valence-corrected chi connectivity index (χ3v) is 15.5. The zero-order chi connectivity index (χ0) is 32.8. The Bertz CT molecular complexity index is 1170. The number of hydrogen-bond acceptors (Lipinski definition) is 10. The van der Waals surface area contributed by atoms with Gasteiger partial charge in [0.05, 0.1) is 48.8 Å². The molecule has 0 unspecified atom stereocenters. The molecular formula is C35H58O10. The van der Waals surface area contributed by atoms with Crippen molar-refractivity contribution in [3.8, 4) is 0 Å². The molecule has 10 heteroatoms. The summed E-state index contributed by atoms with van der Waals surface area (Å²) < 4.78 is 18.6. The van der Waals surface area contributed by atoms with Crippen molar-refractivity contribution in [2.45, 2.75) is 160 Å². The highest BCUT2D eigenvalue weighted by atomic mass is 16.7. The maximum absolute atomic E-state index is 12.4. The Balaban J connectivity index is 1.17. The molecule has 0 bridgehead atoms. The number of hydrogen-bond donors (Lipinski definition) is 7. The van der Waals surface area contributed by atoms with E-state index >= 15 is 0 Å². The molecule has 16 atom stereocenters. The fourth-order valence-corrected chi connectivity index (χ4v) is 13.5. The molecule has 7 aliphatic rings. The Morgan fingerprint density at radius 1 is 0.822 bits per heavy atom. The Labute approximate surface area is 267 Å². The van der Waals surface area contributed by atoms with Crippen LogP contribution in [-0.4, -0.2) is 109 Å². The molecule has 7 fully saturated rings. The summed E-state index contributed by atoms with van der Waals surface area (Å²) in [7, 11) is 0. The summed E-state index contributed by atoms with van der Waals surface area (Å²) in [6.07, 6.45) is 0.117. The van der Waals surface area contributed by atoms with Crippen LogP contribution in [0.3, 0.4) is 0 Å². The van der Waals surface area contributed by atoms with Crippen molar-refractivity contribution in [2.75, 3.05) is 13.2 Å². The van der Waals surface area contributed by atoms with Gasteiger partial charge in [0.15, 0.2) is 6.29 Å². The second-order valence-corrected chi connectivity index (χ2v) is 18.1. The van der Waals surface area contributed by atoms with Crippen LogP contribution in [0.15, 0.2) is 0 Å². The molecule has 45 heavy (non-hydrogen) atoms. The first-order valence-corrected chi connectivity index (χ1v) is 17.5. The highest BCUT2D eigenvalue weighted by Crippen LogP contribution is 2.89. The van der Waals surface area contributed by atoms with Crippen LogP contribution in [0, 0.1) is 44.8 Å². The van der Waals surface area contributed by atoms with Crippen LogP contribution < -0.4 is 0 Å². The molecular weight excluding hydrogens is 580 g/mol. The molecule has 2 heterocycles. The lowest BCUT2D eigenvalue weighted by molar-refractivity contribution is -0.304. The van der Waals surface area contributed by atoms with Crippen LogP contribution in [0.1, 0.15) is 99.3 Å². The number of ether oxygens (including phenoxy) is 3. The van der Waals surface area contributed by atoms with Crippen molar-refractivity contribution in [2.24, 2.45) is 44.8 Å². The van der Waals surface area contributed by atoms with Gasteiger partial charge >= 0.3 is 0 Å². The molecule has 0 radical (unpaired) electrons. The normalized spacial score (nSPS) is 58.7. The van der Waals surface area contributed by atoms with Crippen molar-refractivity contribution in [3.05, 3.63) is 0 Å². The molecule has 0 amide bonds. The SMILES string of the molecule is CC(C)(O)[C@@H]1CC[C@](C)([C@H]2[C@@H](O)C[C@@]3(C)[C@@H]4CC[C@H]5C(C)(C)[C@@H](O[C@@H]6OC[C@@H](O)[C@H](O)[C@H]6O)CC[C@@]56C[C@@]46C[C@H](O)[C@]23CO)O1. The van der Waals surface area contributed by atoms with E-state index in [0.29, 0.717) is 31.6 Å². The number of aliphatic hydroxyl groups excluding tert-OH is 6. The van der Waals surface area contributed by atoms with E-state index in [4.69, 9.17) is 14.2 Å². The molecule has 5 saturated carbocycles. The Morgan fingerprint density at radius 3 is 2.16 bits per heavy atom. The molecule has 0 aromatic heterocycles. The van der Waals surface area contributed by atoms with Crippen LogP contribution in [0.5, 0.6) is 0 Å². The Hall–Kier alpha value is -0.400. The fourth-order valence-electron chi connectivity index (χ4n) is 13.5. The van der Waals surface area contributed by atoms with E-state index in [0.717, 1.165) is 32.1 Å². The van der Waals surface area contributed by atoms with E-state index in [-0.39, 0.29) is 47.6 Å². The highest BCUT2D eigenvalue weighted by molar-refractivity contribution is 5.34. The van der Waals surface area contributed by atoms with E-state index in [1.165, 1.54) is 0 Å². The highest BCUT2D eigenvalue weighted by Gasteiger charge is 2.86. The van der Waals surface area contributed by atoms with Gasteiger partial charge in [0.25, 0.3) is 0 Å². The monoisotopic (exact) mass is 638 g/mol. The minimum Gasteiger partial charge on any atom is -0.396 e. The van der Waals surface area contributed by atoms with E-state index in [1.54, 1.807) is 13.8 Å². The van der Waals surface area contributed by atoms with Crippen molar-refractivity contribution in [1.29, 1.82) is 0 Å². The summed E-state index contributed by atoms with van der Waals surface area (Å²) >= 11 is 0. The molecule has 2 saturated heterocycles. The smallest absolute Gasteiger partial charge is 0.186 e. The predicted molar refractivity (Wildman–Crippen MR) is 163 cm³/mol. The van der Waals surface area contributed by atoms with Gasteiger partial charge in [0.1, 0.15) is 18.3 Å². The maximum atomic E-state index is 12.4. The molecule has 2 spiro atoms. The average Bonchev–Trinajstić information content (AvgIpc) is 3.27. The number of fused-ring (bicyclic) bond motifs is 2. The van der Waals surface area contributed by atoms with E-state index in [1.807, 2.05) is 6.92 Å². The molecule has 10 nitrogen and oxygen atoms in total. The van der Waals surface area contributed by atoms with Crippen molar-refractivity contribution < 1.29 is 50.0 Å². The third kappa shape index (κ3) is 4.10. The molecule has 0 aromatic carbocycles. The van der Waals surface area contributed by atoms with E-state index in [2.05, 4.69) is 20.8 Å². The lowest BCUT2D eigenvalue weighted by Crippen LogP contribution is -2.66. The first-order valence-electron chi connectivity index (χ1n) is 17.5. The summed E-state index contributed by atoms with van der Waals surface area (Å²) in [6.45, 7) is 11.9. The summed E-state index contributed by atoms with van der Waals surface area (Å²) in [5.41, 5.74) is -3.54. The Morgan fingerprint density at radius 2 is 1.51 bits per heavy atom.